The minimum absolute atomic E-state index is 0.706. The largest absolute Gasteiger partial charge is 0.495 e. The van der Waals surface area contributed by atoms with E-state index in [1.54, 1.807) is 7.11 Å². The number of methoxy groups -OCH3 is 1. The zero-order valence-electron chi connectivity index (χ0n) is 10.4. The van der Waals surface area contributed by atoms with Gasteiger partial charge in [0.15, 0.2) is 0 Å². The van der Waals surface area contributed by atoms with Crippen LogP contribution in [0.5, 0.6) is 5.75 Å². The molecule has 0 aliphatic rings. The van der Waals surface area contributed by atoms with Gasteiger partial charge < -0.3 is 10.1 Å². The number of hydrogen-bond acceptors (Lipinski definition) is 2. The summed E-state index contributed by atoms with van der Waals surface area (Å²) < 4.78 is 5.29. The van der Waals surface area contributed by atoms with Crippen LogP contribution in [0.1, 0.15) is 11.1 Å². The predicted octanol–water partition coefficient (Wildman–Crippen LogP) is 3.79. The number of ether oxygens (including phenoxy) is 1. The number of rotatable bonds is 3. The summed E-state index contributed by atoms with van der Waals surface area (Å²) in [5, 5.41) is 3.22. The van der Waals surface area contributed by atoms with Crippen molar-refractivity contribution in [2.24, 2.45) is 0 Å². The zero-order valence-corrected chi connectivity index (χ0v) is 11.3. The van der Waals surface area contributed by atoms with Crippen LogP contribution in [0.25, 0.3) is 0 Å². The molecule has 0 spiro atoms. The van der Waals surface area contributed by atoms with Gasteiger partial charge in [0.2, 0.25) is 0 Å². The van der Waals surface area contributed by atoms with Crippen LogP contribution in [0.15, 0.2) is 48.5 Å². The van der Waals surface area contributed by atoms with Crippen molar-refractivity contribution in [2.75, 3.05) is 12.4 Å². The lowest BCUT2D eigenvalue weighted by Crippen LogP contribution is -2.12. The van der Waals surface area contributed by atoms with Crippen molar-refractivity contribution < 1.29 is 4.74 Å². The van der Waals surface area contributed by atoms with E-state index in [0.717, 1.165) is 22.6 Å². The fourth-order valence-corrected chi connectivity index (χ4v) is 2.10. The lowest BCUT2D eigenvalue weighted by molar-refractivity contribution is 0.417. The molecule has 92 valence electrons. The summed E-state index contributed by atoms with van der Waals surface area (Å²) in [6.07, 6.45) is 0. The molecule has 0 fully saturated rings. The molecule has 0 atom stereocenters. The molecule has 1 N–H and O–H groups in total. The first-order valence-electron chi connectivity index (χ1n) is 5.72. The van der Waals surface area contributed by atoms with Crippen molar-refractivity contribution in [1.82, 2.24) is 0 Å². The fraction of sp³-hybridized carbons (Fsp3) is 0.133. The highest BCUT2D eigenvalue weighted by Gasteiger charge is 2.07. The molecule has 0 amide bonds. The molecule has 0 aliphatic carbocycles. The Labute approximate surface area is 113 Å². The molecule has 2 aromatic rings. The van der Waals surface area contributed by atoms with E-state index in [4.69, 9.17) is 17.0 Å². The van der Waals surface area contributed by atoms with Gasteiger partial charge in [0.05, 0.1) is 12.8 Å². The van der Waals surface area contributed by atoms with Crippen LogP contribution in [-0.2, 0) is 0 Å². The van der Waals surface area contributed by atoms with Gasteiger partial charge in [0.25, 0.3) is 0 Å². The van der Waals surface area contributed by atoms with Gasteiger partial charge in [-0.25, -0.2) is 0 Å². The summed E-state index contributed by atoms with van der Waals surface area (Å²) in [6.45, 7) is 2.05. The number of anilines is 1. The molecule has 0 saturated carbocycles. The Morgan fingerprint density at radius 1 is 1.06 bits per heavy atom. The molecule has 18 heavy (non-hydrogen) atoms. The van der Waals surface area contributed by atoms with Crippen LogP contribution in [0.2, 0.25) is 0 Å². The molecule has 2 rings (SSSR count). The molecule has 2 aromatic carbocycles. The first-order valence-corrected chi connectivity index (χ1v) is 6.13. The summed E-state index contributed by atoms with van der Waals surface area (Å²) in [4.78, 5) is 0.706. The molecule has 0 aromatic heterocycles. The fourth-order valence-electron chi connectivity index (χ4n) is 1.77. The van der Waals surface area contributed by atoms with Crippen LogP contribution in [0.3, 0.4) is 0 Å². The topological polar surface area (TPSA) is 21.3 Å². The second-order valence-corrected chi connectivity index (χ2v) is 4.38. The number of thiocarbonyl (C=S) groups is 1. The first kappa shape index (κ1) is 12.6. The summed E-state index contributed by atoms with van der Waals surface area (Å²) >= 11 is 5.43. The highest BCUT2D eigenvalue weighted by Crippen LogP contribution is 2.24. The third-order valence-corrected chi connectivity index (χ3v) is 3.07. The maximum Gasteiger partial charge on any atom is 0.142 e. The van der Waals surface area contributed by atoms with Crippen molar-refractivity contribution in [3.63, 3.8) is 0 Å². The van der Waals surface area contributed by atoms with Crippen LogP contribution in [-0.4, -0.2) is 12.1 Å². The molecular weight excluding hydrogens is 242 g/mol. The van der Waals surface area contributed by atoms with Crippen LogP contribution >= 0.6 is 12.2 Å². The molecule has 3 heteroatoms. The standard InChI is InChI=1S/C15H15NOS/c1-11-7-3-4-8-12(11)15(18)16-13-9-5-6-10-14(13)17-2/h3-10H,1-2H3,(H,16,18). The zero-order chi connectivity index (χ0) is 13.0. The highest BCUT2D eigenvalue weighted by molar-refractivity contribution is 7.81. The van der Waals surface area contributed by atoms with Gasteiger partial charge >= 0.3 is 0 Å². The average molecular weight is 257 g/mol. The van der Waals surface area contributed by atoms with Crippen LogP contribution in [0, 0.1) is 6.92 Å². The van der Waals surface area contributed by atoms with Crippen molar-refractivity contribution in [3.8, 4) is 5.75 Å². The SMILES string of the molecule is COc1ccccc1NC(=S)c1ccccc1C. The van der Waals surface area contributed by atoms with E-state index in [2.05, 4.69) is 5.32 Å². The van der Waals surface area contributed by atoms with E-state index < -0.39 is 0 Å². The number of benzene rings is 2. The first-order chi connectivity index (χ1) is 8.72. The summed E-state index contributed by atoms with van der Waals surface area (Å²) in [6, 6.07) is 15.8. The van der Waals surface area contributed by atoms with Gasteiger partial charge in [-0.1, -0.05) is 48.6 Å². The van der Waals surface area contributed by atoms with Crippen molar-refractivity contribution in [2.45, 2.75) is 6.92 Å². The van der Waals surface area contributed by atoms with Gasteiger partial charge in [-0.3, -0.25) is 0 Å². The lowest BCUT2D eigenvalue weighted by atomic mass is 10.1. The second kappa shape index (κ2) is 5.65. The van der Waals surface area contributed by atoms with E-state index in [0.29, 0.717) is 4.99 Å². The van der Waals surface area contributed by atoms with Gasteiger partial charge in [-0.15, -0.1) is 0 Å². The smallest absolute Gasteiger partial charge is 0.142 e. The molecule has 0 aliphatic heterocycles. The normalized spacial score (nSPS) is 9.89. The monoisotopic (exact) mass is 257 g/mol. The number of aryl methyl sites for hydroxylation is 1. The second-order valence-electron chi connectivity index (χ2n) is 3.97. The maximum atomic E-state index is 5.43. The van der Waals surface area contributed by atoms with Gasteiger partial charge in [-0.05, 0) is 24.6 Å². The quantitative estimate of drug-likeness (QED) is 0.845. The van der Waals surface area contributed by atoms with Crippen molar-refractivity contribution >= 4 is 22.9 Å². The number of hydrogen-bond donors (Lipinski definition) is 1. The minimum atomic E-state index is 0.706. The van der Waals surface area contributed by atoms with Crippen LogP contribution < -0.4 is 10.1 Å². The number of nitrogens with one attached hydrogen (secondary N) is 1. The van der Waals surface area contributed by atoms with Crippen molar-refractivity contribution in [1.29, 1.82) is 0 Å². The molecule has 0 saturated heterocycles. The third-order valence-electron chi connectivity index (χ3n) is 2.74. The molecule has 0 bridgehead atoms. The van der Waals surface area contributed by atoms with Gasteiger partial charge in [-0.2, -0.15) is 0 Å². The maximum absolute atomic E-state index is 5.43. The molecule has 0 unspecified atom stereocenters. The van der Waals surface area contributed by atoms with E-state index in [1.807, 2.05) is 55.5 Å². The Bertz CT molecular complexity index is 566. The van der Waals surface area contributed by atoms with Gasteiger partial charge in [0.1, 0.15) is 10.7 Å². The Morgan fingerprint density at radius 2 is 1.72 bits per heavy atom. The van der Waals surface area contributed by atoms with E-state index in [-0.39, 0.29) is 0 Å². The molecule has 2 nitrogen and oxygen atoms in total. The molecule has 0 heterocycles. The summed E-state index contributed by atoms with van der Waals surface area (Å²) in [7, 11) is 1.65. The van der Waals surface area contributed by atoms with E-state index in [9.17, 15) is 0 Å². The molecular formula is C15H15NOS. The van der Waals surface area contributed by atoms with Crippen LogP contribution in [0.4, 0.5) is 5.69 Å². The van der Waals surface area contributed by atoms with Crippen molar-refractivity contribution in [3.05, 3.63) is 59.7 Å². The predicted molar refractivity (Wildman–Crippen MR) is 79.5 cm³/mol. The van der Waals surface area contributed by atoms with Gasteiger partial charge in [0, 0.05) is 5.56 Å². The molecule has 0 radical (unpaired) electrons. The Hall–Kier alpha value is -1.87. The highest BCUT2D eigenvalue weighted by atomic mass is 32.1. The third kappa shape index (κ3) is 2.68. The van der Waals surface area contributed by atoms with E-state index >= 15 is 0 Å². The summed E-state index contributed by atoms with van der Waals surface area (Å²) in [5.41, 5.74) is 3.08. The Balaban J connectivity index is 2.24. The lowest BCUT2D eigenvalue weighted by Gasteiger charge is -2.13. The Kier molecular flexibility index (Phi) is 3.95. The Morgan fingerprint density at radius 3 is 2.44 bits per heavy atom. The summed E-state index contributed by atoms with van der Waals surface area (Å²) in [5.74, 6) is 0.786. The minimum Gasteiger partial charge on any atom is -0.495 e. The average Bonchev–Trinajstić information content (AvgIpc) is 2.39. The van der Waals surface area contributed by atoms with E-state index in [1.165, 1.54) is 0 Å². The number of para-hydroxylation sites is 2.